The van der Waals surface area contributed by atoms with Gasteiger partial charge in [-0.1, -0.05) is 11.6 Å². The van der Waals surface area contributed by atoms with Gasteiger partial charge in [-0.2, -0.15) is 5.26 Å². The maximum absolute atomic E-state index is 12.4. The number of hydrogen-bond acceptors (Lipinski definition) is 7. The summed E-state index contributed by atoms with van der Waals surface area (Å²) in [6, 6.07) is 8.48. The third-order valence-electron chi connectivity index (χ3n) is 4.07. The van der Waals surface area contributed by atoms with Crippen molar-refractivity contribution in [3.05, 3.63) is 53.5 Å². The second kappa shape index (κ2) is 8.38. The van der Waals surface area contributed by atoms with E-state index in [1.54, 1.807) is 36.8 Å². The SMILES string of the molecule is N#C/C(=C/N1CCN(c2ncccn2)CC1)C(=O)Nc1ccc(N)cc1Cl. The maximum atomic E-state index is 12.4. The van der Waals surface area contributed by atoms with Gasteiger partial charge in [0.15, 0.2) is 0 Å². The molecule has 0 spiro atoms. The molecule has 0 atom stereocenters. The number of anilines is 3. The zero-order valence-electron chi connectivity index (χ0n) is 14.5. The van der Waals surface area contributed by atoms with Crippen LogP contribution in [0.25, 0.3) is 0 Å². The number of carbonyl (C=O) groups excluding carboxylic acids is 1. The number of rotatable bonds is 4. The molecule has 8 nitrogen and oxygen atoms in total. The summed E-state index contributed by atoms with van der Waals surface area (Å²) >= 11 is 6.06. The van der Waals surface area contributed by atoms with Gasteiger partial charge in [-0.3, -0.25) is 4.79 Å². The van der Waals surface area contributed by atoms with Crippen molar-refractivity contribution < 1.29 is 4.79 Å². The van der Waals surface area contributed by atoms with Crippen molar-refractivity contribution in [2.45, 2.75) is 0 Å². The quantitative estimate of drug-likeness (QED) is 0.471. The number of nitrogens with one attached hydrogen (secondary N) is 1. The molecule has 27 heavy (non-hydrogen) atoms. The first-order valence-corrected chi connectivity index (χ1v) is 8.69. The molecular weight excluding hydrogens is 366 g/mol. The van der Waals surface area contributed by atoms with Gasteiger partial charge in [0.1, 0.15) is 11.6 Å². The molecule has 2 aromatic rings. The minimum Gasteiger partial charge on any atom is -0.399 e. The van der Waals surface area contributed by atoms with E-state index in [0.717, 1.165) is 0 Å². The van der Waals surface area contributed by atoms with Gasteiger partial charge in [0.2, 0.25) is 5.95 Å². The van der Waals surface area contributed by atoms with Gasteiger partial charge in [0.05, 0.1) is 10.7 Å². The molecule has 1 aromatic carbocycles. The summed E-state index contributed by atoms with van der Waals surface area (Å²) < 4.78 is 0. The fourth-order valence-electron chi connectivity index (χ4n) is 2.65. The molecule has 1 aliphatic rings. The van der Waals surface area contributed by atoms with Crippen LogP contribution in [-0.4, -0.2) is 47.0 Å². The van der Waals surface area contributed by atoms with Gasteiger partial charge in [0, 0.05) is 50.5 Å². The summed E-state index contributed by atoms with van der Waals surface area (Å²) in [5.74, 6) is 0.162. The van der Waals surface area contributed by atoms with Crippen LogP contribution in [0.5, 0.6) is 0 Å². The van der Waals surface area contributed by atoms with Crippen molar-refractivity contribution in [2.24, 2.45) is 0 Å². The van der Waals surface area contributed by atoms with Crippen LogP contribution in [0.3, 0.4) is 0 Å². The lowest BCUT2D eigenvalue weighted by Crippen LogP contribution is -2.45. The summed E-state index contributed by atoms with van der Waals surface area (Å²) in [7, 11) is 0. The van der Waals surface area contributed by atoms with Gasteiger partial charge in [0.25, 0.3) is 5.91 Å². The zero-order valence-corrected chi connectivity index (χ0v) is 15.2. The van der Waals surface area contributed by atoms with Crippen molar-refractivity contribution in [1.82, 2.24) is 14.9 Å². The number of nitrogen functional groups attached to an aromatic ring is 1. The first kappa shape index (κ1) is 18.5. The van der Waals surface area contributed by atoms with Crippen LogP contribution >= 0.6 is 11.6 Å². The van der Waals surface area contributed by atoms with Gasteiger partial charge in [-0.15, -0.1) is 0 Å². The molecule has 0 aliphatic carbocycles. The zero-order chi connectivity index (χ0) is 19.2. The second-order valence-electron chi connectivity index (χ2n) is 5.92. The molecular formula is C18H18ClN7O. The van der Waals surface area contributed by atoms with E-state index in [1.165, 1.54) is 6.07 Å². The first-order valence-electron chi connectivity index (χ1n) is 8.31. The van der Waals surface area contributed by atoms with E-state index >= 15 is 0 Å². The Bertz CT molecular complexity index is 886. The van der Waals surface area contributed by atoms with Gasteiger partial charge < -0.3 is 20.9 Å². The van der Waals surface area contributed by atoms with E-state index in [0.29, 0.717) is 48.5 Å². The Hall–Kier alpha value is -3.31. The highest BCUT2D eigenvalue weighted by molar-refractivity contribution is 6.34. The smallest absolute Gasteiger partial charge is 0.267 e. The molecule has 138 valence electrons. The third kappa shape index (κ3) is 4.65. The normalized spacial score (nSPS) is 14.6. The van der Waals surface area contributed by atoms with Crippen molar-refractivity contribution in [2.75, 3.05) is 42.1 Å². The van der Waals surface area contributed by atoms with Gasteiger partial charge in [-0.25, -0.2) is 9.97 Å². The highest BCUT2D eigenvalue weighted by Crippen LogP contribution is 2.24. The number of benzene rings is 1. The third-order valence-corrected chi connectivity index (χ3v) is 4.38. The molecule has 1 aromatic heterocycles. The average Bonchev–Trinajstić information content (AvgIpc) is 2.69. The molecule has 0 radical (unpaired) electrons. The molecule has 0 bridgehead atoms. The lowest BCUT2D eigenvalue weighted by atomic mass is 10.2. The number of amides is 1. The van der Waals surface area contributed by atoms with Gasteiger partial charge in [-0.05, 0) is 24.3 Å². The van der Waals surface area contributed by atoms with Crippen LogP contribution in [0.1, 0.15) is 0 Å². The number of nitrogens with zero attached hydrogens (tertiary/aromatic N) is 5. The topological polar surface area (TPSA) is 111 Å². The van der Waals surface area contributed by atoms with E-state index in [9.17, 15) is 10.1 Å². The van der Waals surface area contributed by atoms with Crippen LogP contribution in [0.4, 0.5) is 17.3 Å². The second-order valence-corrected chi connectivity index (χ2v) is 6.33. The summed E-state index contributed by atoms with van der Waals surface area (Å²) in [6.07, 6.45) is 4.98. The Morgan fingerprint density at radius 3 is 2.59 bits per heavy atom. The molecule has 9 heteroatoms. The summed E-state index contributed by atoms with van der Waals surface area (Å²) in [6.45, 7) is 2.70. The minimum atomic E-state index is -0.516. The number of carbonyl (C=O) groups is 1. The van der Waals surface area contributed by atoms with E-state index < -0.39 is 5.91 Å². The highest BCUT2D eigenvalue weighted by Gasteiger charge is 2.19. The molecule has 0 saturated carbocycles. The molecule has 1 amide bonds. The van der Waals surface area contributed by atoms with Crippen molar-refractivity contribution in [3.8, 4) is 6.07 Å². The summed E-state index contributed by atoms with van der Waals surface area (Å²) in [5.41, 5.74) is 6.55. The molecule has 0 unspecified atom stereocenters. The van der Waals surface area contributed by atoms with Crippen LogP contribution < -0.4 is 16.0 Å². The van der Waals surface area contributed by atoms with Gasteiger partial charge >= 0.3 is 0 Å². The molecule has 1 saturated heterocycles. The van der Waals surface area contributed by atoms with E-state index in [1.807, 2.05) is 11.0 Å². The maximum Gasteiger partial charge on any atom is 0.267 e. The van der Waals surface area contributed by atoms with Crippen LogP contribution in [0, 0.1) is 11.3 Å². The largest absolute Gasteiger partial charge is 0.399 e. The monoisotopic (exact) mass is 383 g/mol. The van der Waals surface area contributed by atoms with E-state index in [2.05, 4.69) is 20.2 Å². The lowest BCUT2D eigenvalue weighted by molar-refractivity contribution is -0.112. The Morgan fingerprint density at radius 2 is 1.96 bits per heavy atom. The predicted octanol–water partition coefficient (Wildman–Crippen LogP) is 1.88. The Labute approximate surface area is 161 Å². The van der Waals surface area contributed by atoms with E-state index in [-0.39, 0.29) is 5.57 Å². The van der Waals surface area contributed by atoms with Crippen molar-refractivity contribution >= 4 is 34.8 Å². The predicted molar refractivity (Wildman–Crippen MR) is 104 cm³/mol. The number of nitriles is 1. The summed E-state index contributed by atoms with van der Waals surface area (Å²) in [4.78, 5) is 24.9. The number of nitrogens with two attached hydrogens (primary N) is 1. The minimum absolute atomic E-state index is 0.00676. The summed E-state index contributed by atoms with van der Waals surface area (Å²) in [5, 5.41) is 12.3. The van der Waals surface area contributed by atoms with Crippen LogP contribution in [0.2, 0.25) is 5.02 Å². The molecule has 3 N–H and O–H groups in total. The molecule has 1 aliphatic heterocycles. The molecule has 1 fully saturated rings. The molecule has 2 heterocycles. The Morgan fingerprint density at radius 1 is 1.26 bits per heavy atom. The fraction of sp³-hybridized carbons (Fsp3) is 0.222. The Balaban J connectivity index is 1.63. The fourth-order valence-corrected chi connectivity index (χ4v) is 2.88. The molecule has 3 rings (SSSR count). The van der Waals surface area contributed by atoms with E-state index in [4.69, 9.17) is 17.3 Å². The highest BCUT2D eigenvalue weighted by atomic mass is 35.5. The number of halogens is 1. The van der Waals surface area contributed by atoms with Crippen molar-refractivity contribution in [1.29, 1.82) is 5.26 Å². The number of piperazine rings is 1. The standard InChI is InChI=1S/C18H18ClN7O/c19-15-10-14(21)2-3-16(15)24-17(27)13(11-20)12-25-6-8-26(9-7-25)18-22-4-1-5-23-18/h1-5,10,12H,6-9,21H2,(H,24,27)/b13-12-. The van der Waals surface area contributed by atoms with Crippen molar-refractivity contribution in [3.63, 3.8) is 0 Å². The number of hydrogen-bond donors (Lipinski definition) is 2. The number of aromatic nitrogens is 2. The first-order chi connectivity index (χ1) is 13.1. The Kier molecular flexibility index (Phi) is 5.74. The van der Waals surface area contributed by atoms with Crippen LogP contribution in [0.15, 0.2) is 48.4 Å². The average molecular weight is 384 g/mol. The lowest BCUT2D eigenvalue weighted by Gasteiger charge is -2.34. The van der Waals surface area contributed by atoms with Crippen LogP contribution in [-0.2, 0) is 4.79 Å².